The van der Waals surface area contributed by atoms with E-state index in [9.17, 15) is 4.79 Å². The molecule has 0 N–H and O–H groups in total. The predicted octanol–water partition coefficient (Wildman–Crippen LogP) is 5.19. The molecule has 0 saturated carbocycles. The fourth-order valence-corrected chi connectivity index (χ4v) is 2.45. The molecule has 2 aromatic carbocycles. The highest BCUT2D eigenvalue weighted by Gasteiger charge is 2.25. The van der Waals surface area contributed by atoms with E-state index in [4.69, 9.17) is 4.74 Å². The van der Waals surface area contributed by atoms with Crippen LogP contribution < -0.4 is 0 Å². The Labute approximate surface area is 133 Å². The molecular formula is C20H24O2. The Morgan fingerprint density at radius 3 is 2.00 bits per heavy atom. The summed E-state index contributed by atoms with van der Waals surface area (Å²) in [5.41, 5.74) is 2.90. The molecule has 0 aliphatic rings. The third-order valence-electron chi connectivity index (χ3n) is 3.52. The molecule has 0 saturated heterocycles. The van der Waals surface area contributed by atoms with Crippen molar-refractivity contribution in [1.82, 2.24) is 0 Å². The maximum atomic E-state index is 12.3. The van der Waals surface area contributed by atoms with E-state index in [1.54, 1.807) is 0 Å². The third kappa shape index (κ3) is 4.20. The van der Waals surface area contributed by atoms with Crippen LogP contribution in [0, 0.1) is 0 Å². The van der Waals surface area contributed by atoms with E-state index in [1.807, 2.05) is 58.0 Å². The summed E-state index contributed by atoms with van der Waals surface area (Å²) in [4.78, 5) is 12.3. The zero-order valence-electron chi connectivity index (χ0n) is 13.8. The molecule has 0 fully saturated rings. The molecule has 0 amide bonds. The Kier molecular flexibility index (Phi) is 5.02. The van der Waals surface area contributed by atoms with Gasteiger partial charge >= 0.3 is 5.97 Å². The second-order valence-corrected chi connectivity index (χ2v) is 6.48. The lowest BCUT2D eigenvalue weighted by Gasteiger charge is -2.23. The van der Waals surface area contributed by atoms with Gasteiger partial charge in [0, 0.05) is 0 Å². The Balaban J connectivity index is 2.19. The average molecular weight is 296 g/mol. The lowest BCUT2D eigenvalue weighted by atomic mass is 9.94. The van der Waals surface area contributed by atoms with E-state index in [1.165, 1.54) is 5.56 Å². The van der Waals surface area contributed by atoms with Gasteiger partial charge < -0.3 is 4.74 Å². The predicted molar refractivity (Wildman–Crippen MR) is 90.8 cm³/mol. The van der Waals surface area contributed by atoms with Crippen LogP contribution in [-0.4, -0.2) is 11.6 Å². The number of ether oxygens (including phenoxy) is 1. The molecule has 116 valence electrons. The zero-order chi connectivity index (χ0) is 16.2. The number of carbonyl (C=O) groups is 1. The highest BCUT2D eigenvalue weighted by Crippen LogP contribution is 2.26. The maximum absolute atomic E-state index is 12.3. The van der Waals surface area contributed by atoms with Gasteiger partial charge in [-0.3, -0.25) is 4.79 Å². The molecule has 2 nitrogen and oxygen atoms in total. The van der Waals surface area contributed by atoms with Gasteiger partial charge in [0.05, 0.1) is 5.92 Å². The lowest BCUT2D eigenvalue weighted by Crippen LogP contribution is -2.27. The van der Waals surface area contributed by atoms with Crippen LogP contribution in [0.5, 0.6) is 0 Å². The molecule has 1 atom stereocenters. The topological polar surface area (TPSA) is 26.3 Å². The van der Waals surface area contributed by atoms with Crippen molar-refractivity contribution in [2.45, 2.75) is 45.6 Å². The first kappa shape index (κ1) is 16.3. The highest BCUT2D eigenvalue weighted by molar-refractivity contribution is 5.79. The fourth-order valence-electron chi connectivity index (χ4n) is 2.45. The zero-order valence-corrected chi connectivity index (χ0v) is 13.8. The Hall–Kier alpha value is -2.09. The SMILES string of the molecule is CCC(C(=O)OC(C)(C)C)c1ccc(-c2ccccc2)cc1. The summed E-state index contributed by atoms with van der Waals surface area (Å²) in [5.74, 6) is -0.355. The van der Waals surface area contributed by atoms with Crippen LogP contribution in [0.1, 0.15) is 45.6 Å². The molecule has 2 rings (SSSR count). The summed E-state index contributed by atoms with van der Waals surface area (Å²) in [6.45, 7) is 7.71. The first-order valence-electron chi connectivity index (χ1n) is 7.79. The van der Waals surface area contributed by atoms with Crippen LogP contribution in [0.3, 0.4) is 0 Å². The van der Waals surface area contributed by atoms with E-state index in [-0.39, 0.29) is 11.9 Å². The lowest BCUT2D eigenvalue weighted by molar-refractivity contribution is -0.156. The van der Waals surface area contributed by atoms with E-state index < -0.39 is 5.60 Å². The number of hydrogen-bond acceptors (Lipinski definition) is 2. The minimum absolute atomic E-state index is 0.150. The quantitative estimate of drug-likeness (QED) is 0.726. The molecule has 1 unspecified atom stereocenters. The smallest absolute Gasteiger partial charge is 0.313 e. The Morgan fingerprint density at radius 2 is 1.50 bits per heavy atom. The van der Waals surface area contributed by atoms with Gasteiger partial charge in [-0.1, -0.05) is 61.5 Å². The van der Waals surface area contributed by atoms with Gasteiger partial charge in [-0.05, 0) is 43.9 Å². The van der Waals surface area contributed by atoms with Crippen molar-refractivity contribution in [3.8, 4) is 11.1 Å². The van der Waals surface area contributed by atoms with Gasteiger partial charge in [0.2, 0.25) is 0 Å². The van der Waals surface area contributed by atoms with Crippen molar-refractivity contribution in [1.29, 1.82) is 0 Å². The minimum atomic E-state index is -0.450. The first-order valence-corrected chi connectivity index (χ1v) is 7.79. The molecule has 0 radical (unpaired) electrons. The molecular weight excluding hydrogens is 272 g/mol. The summed E-state index contributed by atoms with van der Waals surface area (Å²) >= 11 is 0. The first-order chi connectivity index (χ1) is 10.4. The summed E-state index contributed by atoms with van der Waals surface area (Å²) in [7, 11) is 0. The van der Waals surface area contributed by atoms with Crippen molar-refractivity contribution in [3.05, 3.63) is 60.2 Å². The van der Waals surface area contributed by atoms with Crippen LogP contribution in [0.4, 0.5) is 0 Å². The summed E-state index contributed by atoms with van der Waals surface area (Å²) in [6, 6.07) is 18.4. The summed E-state index contributed by atoms with van der Waals surface area (Å²) < 4.78 is 5.52. The number of rotatable bonds is 4. The van der Waals surface area contributed by atoms with Crippen LogP contribution >= 0.6 is 0 Å². The fraction of sp³-hybridized carbons (Fsp3) is 0.350. The van der Waals surface area contributed by atoms with Gasteiger partial charge in [0.25, 0.3) is 0 Å². The molecule has 2 heteroatoms. The Bertz CT molecular complexity index is 606. The number of carbonyl (C=O) groups excluding carboxylic acids is 1. The number of benzene rings is 2. The second kappa shape index (κ2) is 6.78. The van der Waals surface area contributed by atoms with E-state index in [2.05, 4.69) is 24.3 Å². The minimum Gasteiger partial charge on any atom is -0.459 e. The molecule has 22 heavy (non-hydrogen) atoms. The molecule has 0 aliphatic heterocycles. The van der Waals surface area contributed by atoms with Crippen molar-refractivity contribution >= 4 is 5.97 Å². The summed E-state index contributed by atoms with van der Waals surface area (Å²) in [6.07, 6.45) is 0.736. The molecule has 0 bridgehead atoms. The van der Waals surface area contributed by atoms with Gasteiger partial charge in [-0.15, -0.1) is 0 Å². The van der Waals surface area contributed by atoms with Gasteiger partial charge in [0.15, 0.2) is 0 Å². The van der Waals surface area contributed by atoms with E-state index >= 15 is 0 Å². The van der Waals surface area contributed by atoms with Crippen LogP contribution in [-0.2, 0) is 9.53 Å². The molecule has 0 aliphatic carbocycles. The second-order valence-electron chi connectivity index (χ2n) is 6.48. The van der Waals surface area contributed by atoms with Gasteiger partial charge in [-0.2, -0.15) is 0 Å². The average Bonchev–Trinajstić information content (AvgIpc) is 2.48. The van der Waals surface area contributed by atoms with Crippen LogP contribution in [0.2, 0.25) is 0 Å². The summed E-state index contributed by atoms with van der Waals surface area (Å²) in [5, 5.41) is 0. The molecule has 0 spiro atoms. The molecule has 0 heterocycles. The van der Waals surface area contributed by atoms with Crippen LogP contribution in [0.25, 0.3) is 11.1 Å². The Morgan fingerprint density at radius 1 is 0.955 bits per heavy atom. The normalized spacial score (nSPS) is 12.7. The molecule has 2 aromatic rings. The highest BCUT2D eigenvalue weighted by atomic mass is 16.6. The van der Waals surface area contributed by atoms with Gasteiger partial charge in [0.1, 0.15) is 5.60 Å². The standard InChI is InChI=1S/C20H24O2/c1-5-18(19(21)22-20(2,3)4)17-13-11-16(12-14-17)15-9-7-6-8-10-15/h6-14,18H,5H2,1-4H3. The number of hydrogen-bond donors (Lipinski definition) is 0. The monoisotopic (exact) mass is 296 g/mol. The largest absolute Gasteiger partial charge is 0.459 e. The van der Waals surface area contributed by atoms with Crippen molar-refractivity contribution in [2.24, 2.45) is 0 Å². The number of esters is 1. The van der Waals surface area contributed by atoms with Crippen molar-refractivity contribution < 1.29 is 9.53 Å². The van der Waals surface area contributed by atoms with Crippen molar-refractivity contribution in [2.75, 3.05) is 0 Å². The maximum Gasteiger partial charge on any atom is 0.313 e. The van der Waals surface area contributed by atoms with Gasteiger partial charge in [-0.25, -0.2) is 0 Å². The van der Waals surface area contributed by atoms with E-state index in [0.717, 1.165) is 17.5 Å². The molecule has 0 aromatic heterocycles. The third-order valence-corrected chi connectivity index (χ3v) is 3.52. The van der Waals surface area contributed by atoms with E-state index in [0.29, 0.717) is 0 Å². The van der Waals surface area contributed by atoms with Crippen LogP contribution in [0.15, 0.2) is 54.6 Å². The van der Waals surface area contributed by atoms with Crippen molar-refractivity contribution in [3.63, 3.8) is 0 Å².